The number of hydrogen-bond donors (Lipinski definition) is 0. The smallest absolute Gasteiger partial charge is 0.347 e. The Kier molecular flexibility index (Phi) is 2.07. The molecule has 0 saturated carbocycles. The molecule has 13 heavy (non-hydrogen) atoms. The molecule has 0 fully saturated rings. The number of cyclic esters (lactones) is 2. The van der Waals surface area contributed by atoms with E-state index in [0.29, 0.717) is 5.56 Å². The molecule has 0 aliphatic carbocycles. The van der Waals surface area contributed by atoms with Crippen molar-refractivity contribution in [2.24, 2.45) is 0 Å². The average molecular weight is 288 g/mol. The van der Waals surface area contributed by atoms with E-state index in [9.17, 15) is 9.59 Å². The highest BCUT2D eigenvalue weighted by Crippen LogP contribution is 2.22. The van der Waals surface area contributed by atoms with Crippen molar-refractivity contribution in [1.82, 2.24) is 0 Å². The molecule has 3 nitrogen and oxygen atoms in total. The maximum absolute atomic E-state index is 11.3. The van der Waals surface area contributed by atoms with Crippen LogP contribution in [-0.2, 0) is 16.0 Å². The number of rotatable bonds is 0. The molecule has 0 unspecified atom stereocenters. The minimum absolute atomic E-state index is 0.192. The van der Waals surface area contributed by atoms with Crippen LogP contribution in [0, 0.1) is 3.57 Å². The summed E-state index contributed by atoms with van der Waals surface area (Å²) < 4.78 is 5.34. The Hall–Kier alpha value is -0.910. The number of carbonyl (C=O) groups excluding carboxylic acids is 2. The van der Waals surface area contributed by atoms with E-state index in [0.717, 1.165) is 9.13 Å². The molecule has 0 N–H and O–H groups in total. The summed E-state index contributed by atoms with van der Waals surface area (Å²) in [5.74, 6) is -1.00. The second-order valence-electron chi connectivity index (χ2n) is 2.71. The van der Waals surface area contributed by atoms with Crippen molar-refractivity contribution in [1.29, 1.82) is 0 Å². The summed E-state index contributed by atoms with van der Waals surface area (Å²) in [5, 5.41) is 0. The average Bonchev–Trinajstić information content (AvgIpc) is 2.02. The molecular weight excluding hydrogens is 283 g/mol. The summed E-state index contributed by atoms with van der Waals surface area (Å²) in [6, 6.07) is 5.42. The molecule has 0 atom stereocenters. The molecule has 0 bridgehead atoms. The van der Waals surface area contributed by atoms with Crippen LogP contribution in [0.15, 0.2) is 18.2 Å². The Labute approximate surface area is 88.2 Å². The van der Waals surface area contributed by atoms with Gasteiger partial charge in [-0.3, -0.25) is 4.79 Å². The molecule has 1 aliphatic heterocycles. The maximum atomic E-state index is 11.3. The van der Waals surface area contributed by atoms with E-state index in [-0.39, 0.29) is 6.42 Å². The van der Waals surface area contributed by atoms with Gasteiger partial charge in [0.15, 0.2) is 0 Å². The lowest BCUT2D eigenvalue weighted by molar-refractivity contribution is -0.137. The zero-order chi connectivity index (χ0) is 9.42. The Morgan fingerprint density at radius 3 is 2.85 bits per heavy atom. The summed E-state index contributed by atoms with van der Waals surface area (Å²) in [7, 11) is 0. The number of fused-ring (bicyclic) bond motifs is 1. The van der Waals surface area contributed by atoms with Crippen molar-refractivity contribution in [2.45, 2.75) is 6.42 Å². The van der Waals surface area contributed by atoms with Gasteiger partial charge in [-0.05, 0) is 34.2 Å². The number of esters is 2. The van der Waals surface area contributed by atoms with Crippen LogP contribution in [0.25, 0.3) is 0 Å². The Morgan fingerprint density at radius 2 is 2.08 bits per heavy atom. The fourth-order valence-corrected chi connectivity index (χ4v) is 2.06. The lowest BCUT2D eigenvalue weighted by Gasteiger charge is -2.14. The third-order valence-electron chi connectivity index (χ3n) is 1.85. The van der Waals surface area contributed by atoms with E-state index < -0.39 is 11.9 Å². The first-order chi connectivity index (χ1) is 6.18. The van der Waals surface area contributed by atoms with Gasteiger partial charge in [-0.25, -0.2) is 4.79 Å². The van der Waals surface area contributed by atoms with Crippen molar-refractivity contribution in [3.05, 3.63) is 32.9 Å². The summed E-state index contributed by atoms with van der Waals surface area (Å²) in [6.07, 6.45) is 0.192. The minimum atomic E-state index is -0.531. The van der Waals surface area contributed by atoms with Gasteiger partial charge >= 0.3 is 11.9 Å². The minimum Gasteiger partial charge on any atom is -0.389 e. The summed E-state index contributed by atoms with van der Waals surface area (Å²) in [6.45, 7) is 0. The van der Waals surface area contributed by atoms with Crippen molar-refractivity contribution >= 4 is 34.5 Å². The van der Waals surface area contributed by atoms with Crippen LogP contribution in [-0.4, -0.2) is 11.9 Å². The lowest BCUT2D eigenvalue weighted by atomic mass is 10.0. The van der Waals surface area contributed by atoms with E-state index in [1.165, 1.54) is 0 Å². The largest absolute Gasteiger partial charge is 0.389 e. The van der Waals surface area contributed by atoms with E-state index in [4.69, 9.17) is 0 Å². The number of benzene rings is 1. The van der Waals surface area contributed by atoms with Crippen LogP contribution in [0.2, 0.25) is 0 Å². The first-order valence-corrected chi connectivity index (χ1v) is 4.79. The van der Waals surface area contributed by atoms with Gasteiger partial charge in [0.2, 0.25) is 0 Å². The highest BCUT2D eigenvalue weighted by molar-refractivity contribution is 14.1. The molecule has 1 heterocycles. The molecule has 1 aromatic rings. The Bertz CT molecular complexity index is 398. The number of carbonyl (C=O) groups is 2. The van der Waals surface area contributed by atoms with Gasteiger partial charge in [0.05, 0.1) is 12.0 Å². The molecule has 1 aromatic carbocycles. The summed E-state index contributed by atoms with van der Waals surface area (Å²) in [5.41, 5.74) is 1.29. The Morgan fingerprint density at radius 1 is 1.31 bits per heavy atom. The first kappa shape index (κ1) is 8.68. The van der Waals surface area contributed by atoms with Gasteiger partial charge in [-0.1, -0.05) is 12.1 Å². The van der Waals surface area contributed by atoms with Crippen LogP contribution in [0.1, 0.15) is 15.9 Å². The normalized spacial score (nSPS) is 15.2. The van der Waals surface area contributed by atoms with Crippen LogP contribution < -0.4 is 0 Å². The van der Waals surface area contributed by atoms with Crippen LogP contribution in [0.3, 0.4) is 0 Å². The van der Waals surface area contributed by atoms with Crippen molar-refractivity contribution < 1.29 is 14.3 Å². The molecule has 4 heteroatoms. The van der Waals surface area contributed by atoms with E-state index in [1.54, 1.807) is 6.07 Å². The molecule has 2 rings (SSSR count). The van der Waals surface area contributed by atoms with Gasteiger partial charge in [-0.2, -0.15) is 0 Å². The topological polar surface area (TPSA) is 43.4 Å². The second kappa shape index (κ2) is 3.10. The standard InChI is InChI=1S/C9H5IO3/c10-6-3-1-2-5-4-7(11)13-9(12)8(5)6/h1-3H,4H2. The van der Waals surface area contributed by atoms with E-state index in [2.05, 4.69) is 27.3 Å². The van der Waals surface area contributed by atoms with Crippen LogP contribution in [0.5, 0.6) is 0 Å². The predicted octanol–water partition coefficient (Wildman–Crippen LogP) is 1.53. The van der Waals surface area contributed by atoms with Gasteiger partial charge in [0, 0.05) is 3.57 Å². The zero-order valence-corrected chi connectivity index (χ0v) is 8.70. The van der Waals surface area contributed by atoms with E-state index in [1.807, 2.05) is 12.1 Å². The SMILES string of the molecule is O=C1Cc2cccc(I)c2C(=O)O1. The van der Waals surface area contributed by atoms with Crippen molar-refractivity contribution in [3.63, 3.8) is 0 Å². The third-order valence-corrected chi connectivity index (χ3v) is 2.74. The van der Waals surface area contributed by atoms with Gasteiger partial charge in [-0.15, -0.1) is 0 Å². The van der Waals surface area contributed by atoms with Crippen molar-refractivity contribution in [2.75, 3.05) is 0 Å². The molecule has 0 saturated heterocycles. The van der Waals surface area contributed by atoms with Gasteiger partial charge < -0.3 is 4.74 Å². The molecule has 1 aliphatic rings. The van der Waals surface area contributed by atoms with Crippen molar-refractivity contribution in [3.8, 4) is 0 Å². The molecular formula is C9H5IO3. The fourth-order valence-electron chi connectivity index (χ4n) is 1.29. The zero-order valence-electron chi connectivity index (χ0n) is 6.54. The molecule has 0 aromatic heterocycles. The third kappa shape index (κ3) is 1.46. The van der Waals surface area contributed by atoms with Crippen LogP contribution in [0.4, 0.5) is 0 Å². The first-order valence-electron chi connectivity index (χ1n) is 3.71. The fraction of sp³-hybridized carbons (Fsp3) is 0.111. The maximum Gasteiger partial charge on any atom is 0.347 e. The highest BCUT2D eigenvalue weighted by Gasteiger charge is 2.26. The predicted molar refractivity (Wildman–Crippen MR) is 53.3 cm³/mol. The number of halogens is 1. The monoisotopic (exact) mass is 288 g/mol. The molecule has 66 valence electrons. The quantitative estimate of drug-likeness (QED) is 0.413. The molecule has 0 spiro atoms. The molecule has 0 radical (unpaired) electrons. The lowest BCUT2D eigenvalue weighted by Crippen LogP contribution is -2.23. The van der Waals surface area contributed by atoms with E-state index >= 15 is 0 Å². The second-order valence-corrected chi connectivity index (χ2v) is 3.87. The van der Waals surface area contributed by atoms with Crippen LogP contribution >= 0.6 is 22.6 Å². The summed E-state index contributed by atoms with van der Waals surface area (Å²) >= 11 is 2.05. The highest BCUT2D eigenvalue weighted by atomic mass is 127. The number of hydrogen-bond acceptors (Lipinski definition) is 3. The Balaban J connectivity index is 2.61. The summed E-state index contributed by atoms with van der Waals surface area (Å²) in [4.78, 5) is 22.2. The van der Waals surface area contributed by atoms with Gasteiger partial charge in [0.1, 0.15) is 0 Å². The number of ether oxygens (including phenoxy) is 1. The molecule has 0 amide bonds. The van der Waals surface area contributed by atoms with Gasteiger partial charge in [0.25, 0.3) is 0 Å².